The number of fused-ring (bicyclic) bond motifs is 1. The summed E-state index contributed by atoms with van der Waals surface area (Å²) in [4.78, 5) is 32.9. The van der Waals surface area contributed by atoms with Gasteiger partial charge in [-0.25, -0.2) is 9.18 Å². The molecule has 29 heavy (non-hydrogen) atoms. The van der Waals surface area contributed by atoms with E-state index in [1.165, 1.54) is 6.07 Å². The van der Waals surface area contributed by atoms with Gasteiger partial charge < -0.3 is 15.1 Å². The zero-order valence-corrected chi connectivity index (χ0v) is 16.1. The largest absolute Gasteiger partial charge is 0.335 e. The first-order valence-corrected chi connectivity index (χ1v) is 9.48. The quantitative estimate of drug-likeness (QED) is 0.724. The average Bonchev–Trinajstić information content (AvgIpc) is 2.75. The summed E-state index contributed by atoms with van der Waals surface area (Å²) in [7, 11) is 0. The van der Waals surface area contributed by atoms with Crippen LogP contribution in [0.4, 0.5) is 14.9 Å². The smallest absolute Gasteiger partial charge is 0.322 e. The summed E-state index contributed by atoms with van der Waals surface area (Å²) >= 11 is 0. The molecule has 0 saturated carbocycles. The third-order valence-corrected chi connectivity index (χ3v) is 5.15. The Morgan fingerprint density at radius 2 is 1.72 bits per heavy atom. The van der Waals surface area contributed by atoms with Crippen LogP contribution >= 0.6 is 0 Å². The number of carbonyl (C=O) groups is 2. The fraction of sp³-hybridized carbons (Fsp3) is 0.227. The number of nitrogens with zero attached hydrogens (tertiary/aromatic N) is 3. The number of halogens is 1. The second-order valence-corrected chi connectivity index (χ2v) is 7.05. The second kappa shape index (κ2) is 7.87. The zero-order chi connectivity index (χ0) is 20.4. The molecule has 2 aromatic carbocycles. The third kappa shape index (κ3) is 3.89. The molecule has 4 rings (SSSR count). The van der Waals surface area contributed by atoms with Crippen LogP contribution < -0.4 is 5.32 Å². The second-order valence-electron chi connectivity index (χ2n) is 7.05. The molecular formula is C22H21FN4O2. The maximum absolute atomic E-state index is 13.8. The summed E-state index contributed by atoms with van der Waals surface area (Å²) < 4.78 is 13.8. The van der Waals surface area contributed by atoms with Crippen molar-refractivity contribution in [2.24, 2.45) is 0 Å². The number of urea groups is 1. The number of nitrogens with one attached hydrogen (secondary N) is 1. The summed E-state index contributed by atoms with van der Waals surface area (Å²) in [5, 5.41) is 3.87. The molecule has 1 aliphatic rings. The first kappa shape index (κ1) is 18.9. The van der Waals surface area contributed by atoms with Crippen LogP contribution in [-0.2, 0) is 0 Å². The molecule has 0 radical (unpaired) electrons. The van der Waals surface area contributed by atoms with Crippen LogP contribution in [0.2, 0.25) is 0 Å². The summed E-state index contributed by atoms with van der Waals surface area (Å²) in [5.41, 5.74) is 2.22. The van der Waals surface area contributed by atoms with E-state index in [4.69, 9.17) is 0 Å². The van der Waals surface area contributed by atoms with Crippen molar-refractivity contribution < 1.29 is 14.0 Å². The SMILES string of the molecule is Cc1ccc(C(=O)N2CCN(C(=O)Nc3cccc4cccnc34)CC2)cc1F. The molecule has 2 heterocycles. The molecule has 0 aliphatic carbocycles. The average molecular weight is 392 g/mol. The van der Waals surface area contributed by atoms with Gasteiger partial charge in [-0.1, -0.05) is 24.3 Å². The summed E-state index contributed by atoms with van der Waals surface area (Å²) in [6, 6.07) is 13.7. The fourth-order valence-electron chi connectivity index (χ4n) is 3.42. The minimum atomic E-state index is -0.391. The van der Waals surface area contributed by atoms with Crippen LogP contribution in [0.15, 0.2) is 54.7 Å². The van der Waals surface area contributed by atoms with Gasteiger partial charge in [-0.15, -0.1) is 0 Å². The lowest BCUT2D eigenvalue weighted by molar-refractivity contribution is 0.0671. The monoisotopic (exact) mass is 392 g/mol. The molecule has 0 bridgehead atoms. The van der Waals surface area contributed by atoms with E-state index in [1.54, 1.807) is 35.1 Å². The van der Waals surface area contributed by atoms with E-state index >= 15 is 0 Å². The lowest BCUT2D eigenvalue weighted by atomic mass is 10.1. The Kier molecular flexibility index (Phi) is 5.12. The molecule has 3 aromatic rings. The van der Waals surface area contributed by atoms with Crippen molar-refractivity contribution in [1.82, 2.24) is 14.8 Å². The molecule has 3 amide bonds. The highest BCUT2D eigenvalue weighted by Gasteiger charge is 2.25. The molecule has 1 aliphatic heterocycles. The first-order valence-electron chi connectivity index (χ1n) is 9.48. The van der Waals surface area contributed by atoms with Crippen LogP contribution in [0.1, 0.15) is 15.9 Å². The number of aromatic nitrogens is 1. The number of carbonyl (C=O) groups excluding carboxylic acids is 2. The highest BCUT2D eigenvalue weighted by molar-refractivity contribution is 5.99. The first-order chi connectivity index (χ1) is 14.0. The van der Waals surface area contributed by atoms with Crippen LogP contribution in [0, 0.1) is 12.7 Å². The molecule has 0 unspecified atom stereocenters. The Morgan fingerprint density at radius 3 is 2.48 bits per heavy atom. The summed E-state index contributed by atoms with van der Waals surface area (Å²) in [5.74, 6) is -0.611. The molecule has 0 atom stereocenters. The van der Waals surface area contributed by atoms with Crippen LogP contribution in [0.3, 0.4) is 0 Å². The fourth-order valence-corrected chi connectivity index (χ4v) is 3.42. The predicted octanol–water partition coefficient (Wildman–Crippen LogP) is 3.67. The van der Waals surface area contributed by atoms with Crippen molar-refractivity contribution in [2.45, 2.75) is 6.92 Å². The summed E-state index contributed by atoms with van der Waals surface area (Å²) in [6.07, 6.45) is 1.69. The number of benzene rings is 2. The molecule has 1 aromatic heterocycles. The van der Waals surface area contributed by atoms with E-state index in [1.807, 2.05) is 30.3 Å². The number of aryl methyl sites for hydroxylation is 1. The van der Waals surface area contributed by atoms with Crippen molar-refractivity contribution in [3.63, 3.8) is 0 Å². The topological polar surface area (TPSA) is 65.5 Å². The van der Waals surface area contributed by atoms with Gasteiger partial charge in [-0.3, -0.25) is 9.78 Å². The Balaban J connectivity index is 1.39. The molecule has 148 valence electrons. The minimum Gasteiger partial charge on any atom is -0.335 e. The van der Waals surface area contributed by atoms with Crippen molar-refractivity contribution >= 4 is 28.5 Å². The van der Waals surface area contributed by atoms with E-state index in [0.717, 1.165) is 10.9 Å². The van der Waals surface area contributed by atoms with Gasteiger partial charge in [-0.2, -0.15) is 0 Å². The maximum atomic E-state index is 13.8. The zero-order valence-electron chi connectivity index (χ0n) is 16.1. The van der Waals surface area contributed by atoms with Crippen LogP contribution in [0.25, 0.3) is 10.9 Å². The Labute approximate surface area is 167 Å². The van der Waals surface area contributed by atoms with E-state index in [-0.39, 0.29) is 11.9 Å². The van der Waals surface area contributed by atoms with E-state index < -0.39 is 5.82 Å². The summed E-state index contributed by atoms with van der Waals surface area (Å²) in [6.45, 7) is 3.27. The van der Waals surface area contributed by atoms with Crippen molar-refractivity contribution in [3.8, 4) is 0 Å². The Bertz CT molecular complexity index is 1070. The van der Waals surface area contributed by atoms with Gasteiger partial charge >= 0.3 is 6.03 Å². The van der Waals surface area contributed by atoms with Crippen molar-refractivity contribution in [3.05, 3.63) is 71.7 Å². The van der Waals surface area contributed by atoms with E-state index in [0.29, 0.717) is 43.0 Å². The van der Waals surface area contributed by atoms with Crippen LogP contribution in [0.5, 0.6) is 0 Å². The highest BCUT2D eigenvalue weighted by Crippen LogP contribution is 2.21. The Morgan fingerprint density at radius 1 is 1.00 bits per heavy atom. The molecule has 7 heteroatoms. The lowest BCUT2D eigenvalue weighted by Gasteiger charge is -2.34. The van der Waals surface area contributed by atoms with Gasteiger partial charge in [0, 0.05) is 43.3 Å². The number of rotatable bonds is 2. The van der Waals surface area contributed by atoms with Gasteiger partial charge in [0.15, 0.2) is 0 Å². The van der Waals surface area contributed by atoms with Gasteiger partial charge in [0.1, 0.15) is 5.82 Å². The number of hydrogen-bond donors (Lipinski definition) is 1. The van der Waals surface area contributed by atoms with Crippen molar-refractivity contribution in [2.75, 3.05) is 31.5 Å². The number of pyridine rings is 1. The van der Waals surface area contributed by atoms with E-state index in [2.05, 4.69) is 10.3 Å². The predicted molar refractivity (Wildman–Crippen MR) is 109 cm³/mol. The molecule has 1 fully saturated rings. The standard InChI is InChI=1S/C22H21FN4O2/c1-15-7-8-17(14-18(15)23)21(28)26-10-12-27(13-11-26)22(29)25-19-6-2-4-16-5-3-9-24-20(16)19/h2-9,14H,10-13H2,1H3,(H,25,29). The number of piperazine rings is 1. The van der Waals surface area contributed by atoms with Gasteiger partial charge in [-0.05, 0) is 36.8 Å². The number of para-hydroxylation sites is 1. The molecule has 0 spiro atoms. The van der Waals surface area contributed by atoms with Crippen molar-refractivity contribution in [1.29, 1.82) is 0 Å². The van der Waals surface area contributed by atoms with Gasteiger partial charge in [0.25, 0.3) is 5.91 Å². The molecular weight excluding hydrogens is 371 g/mol. The Hall–Kier alpha value is -3.48. The molecule has 1 saturated heterocycles. The van der Waals surface area contributed by atoms with Gasteiger partial charge in [0.2, 0.25) is 0 Å². The number of anilines is 1. The molecule has 1 N–H and O–H groups in total. The molecule has 6 nitrogen and oxygen atoms in total. The third-order valence-electron chi connectivity index (χ3n) is 5.15. The maximum Gasteiger partial charge on any atom is 0.322 e. The van der Waals surface area contributed by atoms with Crippen LogP contribution in [-0.4, -0.2) is 52.9 Å². The van der Waals surface area contributed by atoms with Gasteiger partial charge in [0.05, 0.1) is 11.2 Å². The number of amides is 3. The number of hydrogen-bond acceptors (Lipinski definition) is 3. The lowest BCUT2D eigenvalue weighted by Crippen LogP contribution is -2.51. The highest BCUT2D eigenvalue weighted by atomic mass is 19.1. The minimum absolute atomic E-state index is 0.220. The van der Waals surface area contributed by atoms with E-state index in [9.17, 15) is 14.0 Å². The normalized spacial score (nSPS) is 14.1.